The molecule has 1 aromatic carbocycles. The third-order valence-corrected chi connectivity index (χ3v) is 7.31. The molecule has 0 aliphatic rings. The fraction of sp³-hybridized carbons (Fsp3) is 0.875. The van der Waals surface area contributed by atoms with Gasteiger partial charge in [0.15, 0.2) is 0 Å². The molecule has 0 spiro atoms. The molecule has 0 saturated heterocycles. The fourth-order valence-electron chi connectivity index (χ4n) is 4.85. The van der Waals surface area contributed by atoms with Gasteiger partial charge >= 0.3 is 0 Å². The van der Waals surface area contributed by atoms with Crippen molar-refractivity contribution in [1.29, 1.82) is 0 Å². The van der Waals surface area contributed by atoms with Gasteiger partial charge in [-0.15, -0.1) is 0 Å². The minimum Gasteiger partial charge on any atom is -0.486 e. The Labute approximate surface area is 222 Å². The Kier molecular flexibility index (Phi) is 21.8. The molecule has 0 unspecified atom stereocenters. The molecule has 4 heteroatoms. The molecule has 0 heterocycles. The first-order valence-electron chi connectivity index (χ1n) is 15.8. The van der Waals surface area contributed by atoms with E-state index in [0.717, 1.165) is 25.7 Å². The van der Waals surface area contributed by atoms with E-state index < -0.39 is 10.9 Å². The van der Waals surface area contributed by atoms with Crippen molar-refractivity contribution in [3.8, 4) is 11.5 Å². The number of hydrogen-bond donors (Lipinski definition) is 0. The molecule has 0 aliphatic carbocycles. The highest BCUT2D eigenvalue weighted by atomic mass is 16.5. The summed E-state index contributed by atoms with van der Waals surface area (Å²) in [6.07, 6.45) is 30.9. The maximum absolute atomic E-state index is 11.8. The average molecular weight is 507 g/mol. The second-order valence-electron chi connectivity index (χ2n) is 10.8. The summed E-state index contributed by atoms with van der Waals surface area (Å²) >= 11 is 0. The van der Waals surface area contributed by atoms with Crippen LogP contribution in [-0.2, 0) is 0 Å². The number of ether oxygens (including phenoxy) is 2. The van der Waals surface area contributed by atoms with Crippen LogP contribution in [0.4, 0.5) is 0 Å². The van der Waals surface area contributed by atoms with E-state index in [9.17, 15) is 9.59 Å². The second kappa shape index (κ2) is 24.0. The van der Waals surface area contributed by atoms with E-state index >= 15 is 0 Å². The summed E-state index contributed by atoms with van der Waals surface area (Å²) in [4.78, 5) is 23.7. The van der Waals surface area contributed by atoms with E-state index in [0.29, 0.717) is 13.2 Å². The number of unbranched alkanes of at least 4 members (excludes halogenated alkanes) is 22. The van der Waals surface area contributed by atoms with Gasteiger partial charge in [0.05, 0.1) is 13.2 Å². The molecule has 0 saturated carbocycles. The van der Waals surface area contributed by atoms with Crippen molar-refractivity contribution < 1.29 is 9.47 Å². The zero-order valence-corrected chi connectivity index (χ0v) is 24.0. The van der Waals surface area contributed by atoms with Crippen LogP contribution in [-0.4, -0.2) is 13.2 Å². The Morgan fingerprint density at radius 1 is 0.361 bits per heavy atom. The topological polar surface area (TPSA) is 52.6 Å². The summed E-state index contributed by atoms with van der Waals surface area (Å²) in [5, 5.41) is 0. The van der Waals surface area contributed by atoms with Gasteiger partial charge in [0.1, 0.15) is 0 Å². The third-order valence-electron chi connectivity index (χ3n) is 7.31. The summed E-state index contributed by atoms with van der Waals surface area (Å²) in [5.74, 6) is 0.337. The summed E-state index contributed by atoms with van der Waals surface area (Å²) in [6, 6.07) is 0. The van der Waals surface area contributed by atoms with Crippen LogP contribution in [0.5, 0.6) is 11.5 Å². The molecule has 0 N–H and O–H groups in total. The molecule has 0 bridgehead atoms. The first kappa shape index (κ1) is 32.7. The van der Waals surface area contributed by atoms with E-state index in [1.807, 2.05) is 0 Å². The monoisotopic (exact) mass is 506 g/mol. The molecular formula is C32H58O4. The van der Waals surface area contributed by atoms with E-state index in [1.54, 1.807) is 0 Å². The van der Waals surface area contributed by atoms with Crippen LogP contribution in [0.2, 0.25) is 0 Å². The molecule has 0 radical (unpaired) electrons. The fourth-order valence-corrected chi connectivity index (χ4v) is 4.85. The highest BCUT2D eigenvalue weighted by molar-refractivity contribution is 5.45. The van der Waals surface area contributed by atoms with Crippen molar-refractivity contribution in [2.45, 2.75) is 168 Å². The van der Waals surface area contributed by atoms with Gasteiger partial charge in [-0.25, -0.2) is 0 Å². The van der Waals surface area contributed by atoms with Gasteiger partial charge < -0.3 is 9.47 Å². The van der Waals surface area contributed by atoms with Gasteiger partial charge in [0.25, 0.3) is 10.9 Å². The Morgan fingerprint density at radius 2 is 0.583 bits per heavy atom. The van der Waals surface area contributed by atoms with Crippen LogP contribution in [0.15, 0.2) is 9.59 Å². The van der Waals surface area contributed by atoms with Gasteiger partial charge in [0.2, 0.25) is 11.5 Å². The van der Waals surface area contributed by atoms with E-state index in [-0.39, 0.29) is 11.5 Å². The maximum Gasteiger partial charge on any atom is 0.275 e. The van der Waals surface area contributed by atoms with E-state index in [4.69, 9.17) is 9.47 Å². The lowest BCUT2D eigenvalue weighted by atomic mass is 10.1. The molecule has 210 valence electrons. The predicted octanol–water partition coefficient (Wildman–Crippen LogP) is 9.44. The lowest BCUT2D eigenvalue weighted by Gasteiger charge is -2.13. The lowest BCUT2D eigenvalue weighted by molar-refractivity contribution is 0.247. The molecule has 1 aromatic rings. The summed E-state index contributed by atoms with van der Waals surface area (Å²) in [7, 11) is 0. The molecule has 0 fully saturated rings. The lowest BCUT2D eigenvalue weighted by Crippen LogP contribution is -2.34. The largest absolute Gasteiger partial charge is 0.486 e. The Balaban J connectivity index is 1.95. The minimum absolute atomic E-state index is 0.169. The van der Waals surface area contributed by atoms with Gasteiger partial charge in [-0.1, -0.05) is 155 Å². The highest BCUT2D eigenvalue weighted by Crippen LogP contribution is 2.21. The van der Waals surface area contributed by atoms with Crippen LogP contribution in [0.25, 0.3) is 0 Å². The normalized spacial score (nSPS) is 11.4. The molecule has 0 aliphatic heterocycles. The van der Waals surface area contributed by atoms with Crippen LogP contribution in [0.1, 0.15) is 168 Å². The summed E-state index contributed by atoms with van der Waals surface area (Å²) in [6.45, 7) is 5.52. The Morgan fingerprint density at radius 3 is 0.833 bits per heavy atom. The zero-order valence-electron chi connectivity index (χ0n) is 24.0. The highest BCUT2D eigenvalue weighted by Gasteiger charge is 2.24. The summed E-state index contributed by atoms with van der Waals surface area (Å²) < 4.78 is 11.2. The average Bonchev–Trinajstić information content (AvgIpc) is 2.89. The third kappa shape index (κ3) is 16.4. The second-order valence-corrected chi connectivity index (χ2v) is 10.8. The van der Waals surface area contributed by atoms with Crippen molar-refractivity contribution >= 4 is 0 Å². The number of hydrogen-bond acceptors (Lipinski definition) is 4. The van der Waals surface area contributed by atoms with Crippen molar-refractivity contribution in [3.05, 3.63) is 20.4 Å². The minimum atomic E-state index is -0.515. The molecular weight excluding hydrogens is 448 g/mol. The molecule has 0 aromatic heterocycles. The first-order valence-corrected chi connectivity index (χ1v) is 15.8. The predicted molar refractivity (Wildman–Crippen MR) is 154 cm³/mol. The molecule has 0 atom stereocenters. The van der Waals surface area contributed by atoms with Gasteiger partial charge in [-0.05, 0) is 12.8 Å². The smallest absolute Gasteiger partial charge is 0.275 e. The molecule has 4 nitrogen and oxygen atoms in total. The van der Waals surface area contributed by atoms with Crippen LogP contribution in [0, 0.1) is 0 Å². The van der Waals surface area contributed by atoms with Gasteiger partial charge in [-0.2, -0.15) is 0 Å². The van der Waals surface area contributed by atoms with Crippen LogP contribution in [0.3, 0.4) is 0 Å². The van der Waals surface area contributed by atoms with Crippen molar-refractivity contribution in [2.24, 2.45) is 0 Å². The van der Waals surface area contributed by atoms with Gasteiger partial charge in [-0.3, -0.25) is 9.59 Å². The Hall–Kier alpha value is -1.32. The van der Waals surface area contributed by atoms with E-state index in [2.05, 4.69) is 13.8 Å². The zero-order chi connectivity index (χ0) is 26.1. The maximum atomic E-state index is 11.8. The first-order chi connectivity index (χ1) is 17.7. The molecule has 0 amide bonds. The van der Waals surface area contributed by atoms with Crippen molar-refractivity contribution in [3.63, 3.8) is 0 Å². The molecule has 36 heavy (non-hydrogen) atoms. The SMILES string of the molecule is CCCCCCCCCCCCCCOc1c(OCCCCCCCCCCCCCC)c(=O)c1=O. The van der Waals surface area contributed by atoms with Crippen LogP contribution >= 0.6 is 0 Å². The van der Waals surface area contributed by atoms with E-state index in [1.165, 1.54) is 128 Å². The summed E-state index contributed by atoms with van der Waals surface area (Å²) in [5.41, 5.74) is -1.03. The molecule has 1 rings (SSSR count). The standard InChI is InChI=1S/C32H58O4/c1-3-5-7-9-11-13-15-17-19-21-23-25-27-35-31-29(33)30(34)32(31)36-28-26-24-22-20-18-16-14-12-10-8-6-4-2/h3-28H2,1-2H3. The van der Waals surface area contributed by atoms with Crippen molar-refractivity contribution in [1.82, 2.24) is 0 Å². The van der Waals surface area contributed by atoms with Gasteiger partial charge in [0, 0.05) is 0 Å². The van der Waals surface area contributed by atoms with Crippen LogP contribution < -0.4 is 20.3 Å². The van der Waals surface area contributed by atoms with Crippen molar-refractivity contribution in [2.75, 3.05) is 13.2 Å². The quantitative estimate of drug-likeness (QED) is 0.0838. The Bertz CT molecular complexity index is 616. The number of rotatable bonds is 28.